The van der Waals surface area contributed by atoms with Gasteiger partial charge in [-0.25, -0.2) is 4.79 Å². The number of anilines is 1. The Labute approximate surface area is 192 Å². The number of hydrogen-bond donors (Lipinski definition) is 1. The number of halogens is 1. The van der Waals surface area contributed by atoms with Gasteiger partial charge >= 0.3 is 5.63 Å². The van der Waals surface area contributed by atoms with Gasteiger partial charge in [0.1, 0.15) is 5.58 Å². The lowest BCUT2D eigenvalue weighted by Crippen LogP contribution is -2.38. The van der Waals surface area contributed by atoms with Crippen LogP contribution in [0.15, 0.2) is 88.1 Å². The number of rotatable bonds is 5. The molecular formula is C27H25ClN2O2. The maximum Gasteiger partial charge on any atom is 0.338 e. The predicted molar refractivity (Wildman–Crippen MR) is 131 cm³/mol. The van der Waals surface area contributed by atoms with E-state index in [1.807, 2.05) is 12.1 Å². The SMILES string of the molecule is O=c1cc(NC2CCN(Cc3ccc(-c4ccccc4)cc3)CC2)c2cc(Cl)ccc2o1. The molecule has 0 amide bonds. The molecule has 4 nitrogen and oxygen atoms in total. The van der Waals surface area contributed by atoms with Crippen molar-refractivity contribution in [2.24, 2.45) is 0 Å². The zero-order valence-corrected chi connectivity index (χ0v) is 18.5. The Bertz CT molecular complexity index is 1260. The summed E-state index contributed by atoms with van der Waals surface area (Å²) in [6, 6.07) is 26.5. The van der Waals surface area contributed by atoms with Crippen LogP contribution in [0.1, 0.15) is 18.4 Å². The number of benzene rings is 3. The average Bonchev–Trinajstić information content (AvgIpc) is 2.82. The molecule has 162 valence electrons. The Balaban J connectivity index is 1.20. The highest BCUT2D eigenvalue weighted by Gasteiger charge is 2.20. The number of nitrogens with one attached hydrogen (secondary N) is 1. The van der Waals surface area contributed by atoms with Crippen LogP contribution in [-0.4, -0.2) is 24.0 Å². The fourth-order valence-corrected chi connectivity index (χ4v) is 4.57. The molecule has 0 atom stereocenters. The van der Waals surface area contributed by atoms with Crippen LogP contribution in [0, 0.1) is 0 Å². The molecule has 1 aliphatic heterocycles. The molecule has 1 fully saturated rings. The number of fused-ring (bicyclic) bond motifs is 1. The van der Waals surface area contributed by atoms with Crippen molar-refractivity contribution in [3.63, 3.8) is 0 Å². The van der Waals surface area contributed by atoms with Gasteiger partial charge in [-0.3, -0.25) is 4.90 Å². The minimum atomic E-state index is -0.348. The van der Waals surface area contributed by atoms with Crippen molar-refractivity contribution in [2.45, 2.75) is 25.4 Å². The second kappa shape index (κ2) is 9.19. The van der Waals surface area contributed by atoms with Gasteiger partial charge in [-0.05, 0) is 47.7 Å². The molecule has 0 saturated carbocycles. The smallest absolute Gasteiger partial charge is 0.338 e. The van der Waals surface area contributed by atoms with Crippen molar-refractivity contribution < 1.29 is 4.42 Å². The van der Waals surface area contributed by atoms with Crippen LogP contribution < -0.4 is 10.9 Å². The van der Waals surface area contributed by atoms with Gasteiger partial charge in [0.15, 0.2) is 0 Å². The summed E-state index contributed by atoms with van der Waals surface area (Å²) in [6.45, 7) is 2.98. The van der Waals surface area contributed by atoms with Crippen LogP contribution in [0.3, 0.4) is 0 Å². The first-order chi connectivity index (χ1) is 15.6. The summed E-state index contributed by atoms with van der Waals surface area (Å²) in [7, 11) is 0. The monoisotopic (exact) mass is 444 g/mol. The standard InChI is InChI=1S/C27H25ClN2O2/c28-22-10-11-26-24(16-22)25(17-27(31)32-26)29-23-12-14-30(15-13-23)18-19-6-8-21(9-7-19)20-4-2-1-3-5-20/h1-11,16-17,23,29H,12-15,18H2. The number of likely N-dealkylation sites (tertiary alicyclic amines) is 1. The highest BCUT2D eigenvalue weighted by Crippen LogP contribution is 2.27. The van der Waals surface area contributed by atoms with Crippen molar-refractivity contribution in [3.8, 4) is 11.1 Å². The normalized spacial score (nSPS) is 15.2. The maximum atomic E-state index is 12.0. The summed E-state index contributed by atoms with van der Waals surface area (Å²) in [5.41, 5.74) is 4.83. The van der Waals surface area contributed by atoms with Crippen LogP contribution in [0.25, 0.3) is 22.1 Å². The molecule has 2 heterocycles. The first kappa shape index (κ1) is 20.8. The van der Waals surface area contributed by atoms with E-state index in [1.165, 1.54) is 22.8 Å². The van der Waals surface area contributed by atoms with E-state index < -0.39 is 0 Å². The van der Waals surface area contributed by atoms with Gasteiger partial charge in [-0.1, -0.05) is 66.2 Å². The highest BCUT2D eigenvalue weighted by molar-refractivity contribution is 6.31. The fourth-order valence-electron chi connectivity index (χ4n) is 4.40. The summed E-state index contributed by atoms with van der Waals surface area (Å²) in [4.78, 5) is 14.4. The van der Waals surface area contributed by atoms with Crippen molar-refractivity contribution in [3.05, 3.63) is 99.9 Å². The van der Waals surface area contributed by atoms with Crippen molar-refractivity contribution >= 4 is 28.3 Å². The second-order valence-electron chi connectivity index (χ2n) is 8.38. The third-order valence-corrected chi connectivity index (χ3v) is 6.35. The Morgan fingerprint density at radius 1 is 0.906 bits per heavy atom. The molecule has 5 rings (SSSR count). The summed E-state index contributed by atoms with van der Waals surface area (Å²) in [5.74, 6) is 0. The molecule has 4 aromatic rings. The zero-order chi connectivity index (χ0) is 21.9. The minimum absolute atomic E-state index is 0.315. The molecule has 3 aromatic carbocycles. The van der Waals surface area contributed by atoms with Crippen LogP contribution in [0.2, 0.25) is 5.02 Å². The number of hydrogen-bond acceptors (Lipinski definition) is 4. The average molecular weight is 445 g/mol. The molecule has 1 aromatic heterocycles. The van der Waals surface area contributed by atoms with E-state index >= 15 is 0 Å². The van der Waals surface area contributed by atoms with E-state index in [1.54, 1.807) is 12.1 Å². The Morgan fingerprint density at radius 3 is 2.38 bits per heavy atom. The van der Waals surface area contributed by atoms with E-state index in [0.29, 0.717) is 16.6 Å². The predicted octanol–water partition coefficient (Wildman–Crippen LogP) is 6.19. The fraction of sp³-hybridized carbons (Fsp3) is 0.222. The summed E-state index contributed by atoms with van der Waals surface area (Å²) < 4.78 is 5.30. The Morgan fingerprint density at radius 2 is 1.62 bits per heavy atom. The first-order valence-corrected chi connectivity index (χ1v) is 11.4. The molecule has 32 heavy (non-hydrogen) atoms. The number of piperidine rings is 1. The van der Waals surface area contributed by atoms with Gasteiger partial charge in [0.2, 0.25) is 0 Å². The largest absolute Gasteiger partial charge is 0.423 e. The van der Waals surface area contributed by atoms with Gasteiger partial charge in [0, 0.05) is 42.2 Å². The lowest BCUT2D eigenvalue weighted by atomic mass is 10.0. The van der Waals surface area contributed by atoms with Crippen LogP contribution in [0.5, 0.6) is 0 Å². The quantitative estimate of drug-likeness (QED) is 0.373. The molecule has 1 aliphatic rings. The topological polar surface area (TPSA) is 45.5 Å². The lowest BCUT2D eigenvalue weighted by Gasteiger charge is -2.33. The van der Waals surface area contributed by atoms with E-state index in [9.17, 15) is 4.79 Å². The summed E-state index contributed by atoms with van der Waals surface area (Å²) >= 11 is 6.16. The summed E-state index contributed by atoms with van der Waals surface area (Å²) in [5, 5.41) is 5.03. The minimum Gasteiger partial charge on any atom is -0.423 e. The van der Waals surface area contributed by atoms with Crippen LogP contribution in [0.4, 0.5) is 5.69 Å². The molecule has 0 aliphatic carbocycles. The summed E-state index contributed by atoms with van der Waals surface area (Å²) in [6.07, 6.45) is 2.04. The zero-order valence-electron chi connectivity index (χ0n) is 17.8. The molecule has 5 heteroatoms. The molecule has 0 bridgehead atoms. The van der Waals surface area contributed by atoms with Gasteiger partial charge in [-0.2, -0.15) is 0 Å². The molecular weight excluding hydrogens is 420 g/mol. The molecule has 0 radical (unpaired) electrons. The second-order valence-corrected chi connectivity index (χ2v) is 8.81. The molecule has 1 N–H and O–H groups in total. The van der Waals surface area contributed by atoms with Crippen molar-refractivity contribution in [1.82, 2.24) is 4.90 Å². The highest BCUT2D eigenvalue weighted by atomic mass is 35.5. The number of nitrogens with zero attached hydrogens (tertiary/aromatic N) is 1. The Kier molecular flexibility index (Phi) is 5.97. The lowest BCUT2D eigenvalue weighted by molar-refractivity contribution is 0.211. The van der Waals surface area contributed by atoms with Crippen LogP contribution in [-0.2, 0) is 6.54 Å². The van der Waals surface area contributed by atoms with Crippen molar-refractivity contribution in [1.29, 1.82) is 0 Å². The van der Waals surface area contributed by atoms with E-state index in [4.69, 9.17) is 16.0 Å². The third-order valence-electron chi connectivity index (χ3n) is 6.12. The van der Waals surface area contributed by atoms with E-state index in [2.05, 4.69) is 58.7 Å². The first-order valence-electron chi connectivity index (χ1n) is 11.0. The van der Waals surface area contributed by atoms with Crippen LogP contribution >= 0.6 is 11.6 Å². The van der Waals surface area contributed by atoms with Gasteiger partial charge in [0.05, 0.1) is 5.69 Å². The van der Waals surface area contributed by atoms with Crippen molar-refractivity contribution in [2.75, 3.05) is 18.4 Å². The molecule has 0 spiro atoms. The maximum absolute atomic E-state index is 12.0. The Hall–Kier alpha value is -3.08. The van der Waals surface area contributed by atoms with Gasteiger partial charge in [0.25, 0.3) is 0 Å². The van der Waals surface area contributed by atoms with Gasteiger partial charge in [-0.15, -0.1) is 0 Å². The third kappa shape index (κ3) is 4.72. The van der Waals surface area contributed by atoms with E-state index in [0.717, 1.165) is 43.5 Å². The van der Waals surface area contributed by atoms with Gasteiger partial charge < -0.3 is 9.73 Å². The molecule has 0 unspecified atom stereocenters. The van der Waals surface area contributed by atoms with E-state index in [-0.39, 0.29) is 5.63 Å². The molecule has 1 saturated heterocycles.